The number of benzene rings is 2. The Bertz CT molecular complexity index is 1640. The number of pyridine rings is 1. The van der Waals surface area contributed by atoms with Crippen LogP contribution in [0.3, 0.4) is 0 Å². The summed E-state index contributed by atoms with van der Waals surface area (Å²) in [6.07, 6.45) is 3.39. The molecular formula is C28H22FN5O2. The van der Waals surface area contributed by atoms with Crippen molar-refractivity contribution >= 4 is 16.6 Å². The van der Waals surface area contributed by atoms with E-state index in [1.165, 1.54) is 29.9 Å². The lowest BCUT2D eigenvalue weighted by atomic mass is 10.1. The minimum atomic E-state index is -0.583. The van der Waals surface area contributed by atoms with E-state index in [4.69, 9.17) is 16.3 Å². The summed E-state index contributed by atoms with van der Waals surface area (Å²) in [5.74, 6) is 6.13. The van der Waals surface area contributed by atoms with Gasteiger partial charge in [-0.05, 0) is 62.7 Å². The van der Waals surface area contributed by atoms with E-state index in [-0.39, 0.29) is 28.4 Å². The van der Waals surface area contributed by atoms with Crippen LogP contribution in [0.2, 0.25) is 0 Å². The zero-order valence-corrected chi connectivity index (χ0v) is 19.8. The fourth-order valence-corrected chi connectivity index (χ4v) is 4.32. The maximum Gasteiger partial charge on any atom is 0.264 e. The predicted octanol–water partition coefficient (Wildman–Crippen LogP) is 4.61. The van der Waals surface area contributed by atoms with Gasteiger partial charge in [0, 0.05) is 29.1 Å². The van der Waals surface area contributed by atoms with Crippen LogP contribution < -0.4 is 15.6 Å². The van der Waals surface area contributed by atoms with Gasteiger partial charge in [-0.3, -0.25) is 14.3 Å². The second-order valence-electron chi connectivity index (χ2n) is 8.52. The molecule has 2 aromatic carbocycles. The number of aryl methyl sites for hydroxylation is 1. The highest BCUT2D eigenvalue weighted by Crippen LogP contribution is 2.29. The van der Waals surface area contributed by atoms with E-state index in [2.05, 4.69) is 27.0 Å². The molecule has 0 saturated carbocycles. The van der Waals surface area contributed by atoms with Crippen molar-refractivity contribution in [3.05, 3.63) is 98.9 Å². The Morgan fingerprint density at radius 1 is 1.22 bits per heavy atom. The summed E-state index contributed by atoms with van der Waals surface area (Å²) < 4.78 is 21.1. The largest absolute Gasteiger partial charge is 0.494 e. The highest BCUT2D eigenvalue weighted by atomic mass is 19.1. The number of aromatic nitrogens is 3. The molecular weight excluding hydrogens is 457 g/mol. The molecule has 1 atom stereocenters. The molecule has 178 valence electrons. The van der Waals surface area contributed by atoms with Gasteiger partial charge < -0.3 is 10.1 Å². The number of ether oxygens (including phenoxy) is 1. The minimum absolute atomic E-state index is 0.0829. The van der Waals surface area contributed by atoms with Crippen LogP contribution in [0.15, 0.2) is 53.5 Å². The zero-order chi connectivity index (χ0) is 25.2. The Hall–Kier alpha value is -4.53. The standard InChI is InChI=1S/C28H22FN5O2/c1-17-6-7-18(16-32-17)8-9-19-13-20(30-2)14-22-26(19)33-27(24-5-4-12-31-24)34(28(22)35)21-10-11-25(36-3)23(29)15-21/h6-7,10-11,13-16,24,31H,4-5,12H2,1,3H3. The van der Waals surface area contributed by atoms with Gasteiger partial charge >= 0.3 is 0 Å². The molecule has 1 unspecified atom stereocenters. The van der Waals surface area contributed by atoms with Crippen LogP contribution in [0.1, 0.15) is 41.5 Å². The van der Waals surface area contributed by atoms with E-state index in [1.807, 2.05) is 19.1 Å². The number of methoxy groups -OCH3 is 1. The molecule has 7 nitrogen and oxygen atoms in total. The Morgan fingerprint density at radius 2 is 2.08 bits per heavy atom. The molecule has 1 aliphatic heterocycles. The summed E-state index contributed by atoms with van der Waals surface area (Å²) in [5.41, 5.74) is 2.69. The first-order valence-electron chi connectivity index (χ1n) is 11.5. The number of nitrogens with zero attached hydrogens (tertiary/aromatic N) is 4. The number of hydrogen-bond donors (Lipinski definition) is 1. The molecule has 0 radical (unpaired) electrons. The van der Waals surface area contributed by atoms with Crippen molar-refractivity contribution in [2.24, 2.45) is 0 Å². The van der Waals surface area contributed by atoms with E-state index in [0.717, 1.165) is 25.1 Å². The Balaban J connectivity index is 1.78. The first-order valence-corrected chi connectivity index (χ1v) is 11.5. The molecule has 0 amide bonds. The minimum Gasteiger partial charge on any atom is -0.494 e. The number of fused-ring (bicyclic) bond motifs is 1. The monoisotopic (exact) mass is 479 g/mol. The lowest BCUT2D eigenvalue weighted by Gasteiger charge is -2.19. The molecule has 2 aromatic heterocycles. The van der Waals surface area contributed by atoms with Crippen LogP contribution in [-0.2, 0) is 0 Å². The molecule has 4 aromatic rings. The van der Waals surface area contributed by atoms with Gasteiger partial charge in [-0.1, -0.05) is 11.8 Å². The molecule has 36 heavy (non-hydrogen) atoms. The van der Waals surface area contributed by atoms with E-state index < -0.39 is 5.82 Å². The Morgan fingerprint density at radius 3 is 2.75 bits per heavy atom. The van der Waals surface area contributed by atoms with Crippen molar-refractivity contribution in [1.29, 1.82) is 0 Å². The van der Waals surface area contributed by atoms with Crippen LogP contribution in [-0.4, -0.2) is 28.2 Å². The first-order chi connectivity index (χ1) is 17.5. The molecule has 0 aliphatic carbocycles. The second kappa shape index (κ2) is 9.61. The summed E-state index contributed by atoms with van der Waals surface area (Å²) >= 11 is 0. The van der Waals surface area contributed by atoms with Crippen molar-refractivity contribution in [3.63, 3.8) is 0 Å². The second-order valence-corrected chi connectivity index (χ2v) is 8.52. The number of nitrogens with one attached hydrogen (secondary N) is 1. The summed E-state index contributed by atoms with van der Waals surface area (Å²) in [5, 5.41) is 3.63. The molecule has 3 heterocycles. The molecule has 1 fully saturated rings. The number of halogens is 1. The van der Waals surface area contributed by atoms with Gasteiger partial charge in [0.05, 0.1) is 36.3 Å². The topological polar surface area (TPSA) is 73.4 Å². The summed E-state index contributed by atoms with van der Waals surface area (Å²) in [4.78, 5) is 26.6. The molecule has 0 bridgehead atoms. The van der Waals surface area contributed by atoms with Crippen molar-refractivity contribution in [2.45, 2.75) is 25.8 Å². The lowest BCUT2D eigenvalue weighted by molar-refractivity contribution is 0.386. The van der Waals surface area contributed by atoms with Gasteiger partial charge in [-0.2, -0.15) is 0 Å². The highest BCUT2D eigenvalue weighted by Gasteiger charge is 2.25. The van der Waals surface area contributed by atoms with Crippen LogP contribution in [0.4, 0.5) is 10.1 Å². The molecule has 1 saturated heterocycles. The zero-order valence-electron chi connectivity index (χ0n) is 19.8. The van der Waals surface area contributed by atoms with E-state index >= 15 is 0 Å². The van der Waals surface area contributed by atoms with Crippen molar-refractivity contribution < 1.29 is 9.13 Å². The normalized spacial score (nSPS) is 14.8. The fraction of sp³-hybridized carbons (Fsp3) is 0.214. The predicted molar refractivity (Wildman–Crippen MR) is 135 cm³/mol. The smallest absolute Gasteiger partial charge is 0.264 e. The lowest BCUT2D eigenvalue weighted by Crippen LogP contribution is -2.29. The molecule has 1 aliphatic rings. The maximum atomic E-state index is 14.6. The van der Waals surface area contributed by atoms with E-state index in [9.17, 15) is 9.18 Å². The van der Waals surface area contributed by atoms with Crippen LogP contribution in [0.25, 0.3) is 21.4 Å². The van der Waals surface area contributed by atoms with Gasteiger partial charge in [0.15, 0.2) is 17.3 Å². The average Bonchev–Trinajstić information content (AvgIpc) is 3.43. The third kappa shape index (κ3) is 4.31. The number of hydrogen-bond acceptors (Lipinski definition) is 5. The Labute approximate surface area is 207 Å². The third-order valence-corrected chi connectivity index (χ3v) is 6.13. The van der Waals surface area contributed by atoms with E-state index in [1.54, 1.807) is 18.3 Å². The third-order valence-electron chi connectivity index (χ3n) is 6.13. The number of rotatable bonds is 3. The molecule has 0 spiro atoms. The van der Waals surface area contributed by atoms with Gasteiger partial charge in [-0.25, -0.2) is 14.2 Å². The van der Waals surface area contributed by atoms with Crippen LogP contribution >= 0.6 is 0 Å². The van der Waals surface area contributed by atoms with Crippen LogP contribution in [0.5, 0.6) is 5.75 Å². The van der Waals surface area contributed by atoms with Crippen molar-refractivity contribution in [1.82, 2.24) is 19.9 Å². The van der Waals surface area contributed by atoms with Gasteiger partial charge in [0.2, 0.25) is 0 Å². The molecule has 8 heteroatoms. The maximum absolute atomic E-state index is 14.6. The van der Waals surface area contributed by atoms with Crippen LogP contribution in [0, 0.1) is 31.2 Å². The first kappa shape index (κ1) is 23.2. The van der Waals surface area contributed by atoms with E-state index in [0.29, 0.717) is 28.2 Å². The average molecular weight is 480 g/mol. The van der Waals surface area contributed by atoms with Gasteiger partial charge in [0.25, 0.3) is 5.56 Å². The fourth-order valence-electron chi connectivity index (χ4n) is 4.32. The SMILES string of the molecule is [C-]#[N+]c1cc(C#Cc2ccc(C)nc2)c2nc(C3CCCN3)n(-c3ccc(OC)c(F)c3)c(=O)c2c1. The highest BCUT2D eigenvalue weighted by molar-refractivity contribution is 5.88. The molecule has 5 rings (SSSR count). The Kier molecular flexibility index (Phi) is 6.20. The quantitative estimate of drug-likeness (QED) is 0.343. The molecule has 1 N–H and O–H groups in total. The van der Waals surface area contributed by atoms with Gasteiger partial charge in [0.1, 0.15) is 5.82 Å². The van der Waals surface area contributed by atoms with Crippen molar-refractivity contribution in [2.75, 3.05) is 13.7 Å². The summed E-state index contributed by atoms with van der Waals surface area (Å²) in [6.45, 7) is 10.2. The summed E-state index contributed by atoms with van der Waals surface area (Å²) in [6, 6.07) is 11.1. The summed E-state index contributed by atoms with van der Waals surface area (Å²) in [7, 11) is 1.39. The van der Waals surface area contributed by atoms with Crippen molar-refractivity contribution in [3.8, 4) is 23.3 Å². The van der Waals surface area contributed by atoms with Gasteiger partial charge in [-0.15, -0.1) is 0 Å².